The van der Waals surface area contributed by atoms with Gasteiger partial charge in [0.05, 0.1) is 12.0 Å². The van der Waals surface area contributed by atoms with Crippen LogP contribution in [0.3, 0.4) is 0 Å². The molecule has 0 aliphatic carbocycles. The minimum atomic E-state index is -0.690. The number of amides is 2. The number of benzene rings is 2. The summed E-state index contributed by atoms with van der Waals surface area (Å²) in [6.07, 6.45) is 0. The van der Waals surface area contributed by atoms with Crippen molar-refractivity contribution in [3.63, 3.8) is 0 Å². The number of hydrogen-bond donors (Lipinski definition) is 0. The van der Waals surface area contributed by atoms with Crippen molar-refractivity contribution >= 4 is 17.7 Å². The van der Waals surface area contributed by atoms with Gasteiger partial charge < -0.3 is 14.2 Å². The Morgan fingerprint density at radius 2 is 1.48 bits per heavy atom. The van der Waals surface area contributed by atoms with E-state index < -0.39 is 16.7 Å². The summed E-state index contributed by atoms with van der Waals surface area (Å²) in [5.74, 6) is -1.37. The molecule has 4 rings (SSSR count). The van der Waals surface area contributed by atoms with E-state index in [1.54, 1.807) is 4.90 Å². The molecule has 0 N–H and O–H groups in total. The van der Waals surface area contributed by atoms with E-state index in [-0.39, 0.29) is 30.7 Å². The number of carbonyl (C=O) groups is 2. The highest BCUT2D eigenvalue weighted by molar-refractivity contribution is 5.94. The van der Waals surface area contributed by atoms with Crippen LogP contribution in [0.15, 0.2) is 77.2 Å². The second-order valence-corrected chi connectivity index (χ2v) is 7.47. The Labute approximate surface area is 178 Å². The van der Waals surface area contributed by atoms with E-state index in [0.29, 0.717) is 13.1 Å². The molecule has 31 heavy (non-hydrogen) atoms. The fraction of sp³-hybridized carbons (Fsp3) is 0.217. The molecule has 0 atom stereocenters. The van der Waals surface area contributed by atoms with Crippen molar-refractivity contribution in [3.05, 3.63) is 99.8 Å². The van der Waals surface area contributed by atoms with Gasteiger partial charge in [0.1, 0.15) is 4.92 Å². The SMILES string of the molecule is O=C(c1ccc([N+](=O)[O-])o1)N1CC(C(=O)N(Cc2ccccc2)Cc2ccccc2)C1. The van der Waals surface area contributed by atoms with E-state index in [1.165, 1.54) is 11.0 Å². The summed E-state index contributed by atoms with van der Waals surface area (Å²) in [5.41, 5.74) is 2.06. The minimum Gasteiger partial charge on any atom is -0.395 e. The summed E-state index contributed by atoms with van der Waals surface area (Å²) in [6.45, 7) is 1.46. The van der Waals surface area contributed by atoms with E-state index in [0.717, 1.165) is 17.2 Å². The van der Waals surface area contributed by atoms with Gasteiger partial charge in [-0.1, -0.05) is 60.7 Å². The van der Waals surface area contributed by atoms with Crippen molar-refractivity contribution in [2.24, 2.45) is 5.92 Å². The van der Waals surface area contributed by atoms with Gasteiger partial charge in [-0.05, 0) is 17.2 Å². The van der Waals surface area contributed by atoms with E-state index in [9.17, 15) is 19.7 Å². The zero-order valence-electron chi connectivity index (χ0n) is 16.7. The molecule has 2 aromatic carbocycles. The lowest BCUT2D eigenvalue weighted by Gasteiger charge is -2.40. The second-order valence-electron chi connectivity index (χ2n) is 7.47. The van der Waals surface area contributed by atoms with Crippen molar-refractivity contribution in [2.75, 3.05) is 13.1 Å². The van der Waals surface area contributed by atoms with Gasteiger partial charge in [0, 0.05) is 26.2 Å². The molecular formula is C23H21N3O5. The predicted molar refractivity (Wildman–Crippen MR) is 112 cm³/mol. The van der Waals surface area contributed by atoms with Gasteiger partial charge in [0.2, 0.25) is 5.91 Å². The highest BCUT2D eigenvalue weighted by Crippen LogP contribution is 2.25. The third-order valence-corrected chi connectivity index (χ3v) is 5.24. The minimum absolute atomic E-state index is 0.0258. The van der Waals surface area contributed by atoms with Crippen LogP contribution < -0.4 is 0 Å². The Balaban J connectivity index is 1.42. The number of carbonyl (C=O) groups excluding carboxylic acids is 2. The van der Waals surface area contributed by atoms with Crippen LogP contribution >= 0.6 is 0 Å². The molecule has 1 saturated heterocycles. The topological polar surface area (TPSA) is 96.9 Å². The summed E-state index contributed by atoms with van der Waals surface area (Å²) in [5, 5.41) is 10.7. The lowest BCUT2D eigenvalue weighted by molar-refractivity contribution is -0.402. The molecular weight excluding hydrogens is 398 g/mol. The fourth-order valence-electron chi connectivity index (χ4n) is 3.57. The van der Waals surface area contributed by atoms with Crippen LogP contribution in [-0.4, -0.2) is 39.6 Å². The average Bonchev–Trinajstić information content (AvgIpc) is 3.24. The van der Waals surface area contributed by atoms with Crippen molar-refractivity contribution in [3.8, 4) is 0 Å². The first-order chi connectivity index (χ1) is 15.0. The molecule has 0 saturated carbocycles. The molecule has 8 heteroatoms. The van der Waals surface area contributed by atoms with Crippen LogP contribution in [0.1, 0.15) is 21.7 Å². The molecule has 1 aromatic heterocycles. The maximum Gasteiger partial charge on any atom is 0.433 e. The van der Waals surface area contributed by atoms with Crippen molar-refractivity contribution < 1.29 is 18.9 Å². The zero-order chi connectivity index (χ0) is 21.8. The molecule has 1 aliphatic heterocycles. The van der Waals surface area contributed by atoms with E-state index in [2.05, 4.69) is 0 Å². The summed E-state index contributed by atoms with van der Waals surface area (Å²) < 4.78 is 4.98. The predicted octanol–water partition coefficient (Wildman–Crippen LogP) is 3.49. The lowest BCUT2D eigenvalue weighted by atomic mass is 9.97. The van der Waals surface area contributed by atoms with Gasteiger partial charge in [-0.2, -0.15) is 0 Å². The molecule has 0 radical (unpaired) electrons. The Hall–Kier alpha value is -3.94. The van der Waals surface area contributed by atoms with E-state index in [4.69, 9.17) is 4.42 Å². The van der Waals surface area contributed by atoms with E-state index >= 15 is 0 Å². The van der Waals surface area contributed by atoms with Crippen LogP contribution in [0.5, 0.6) is 0 Å². The number of likely N-dealkylation sites (tertiary alicyclic amines) is 1. The van der Waals surface area contributed by atoms with Gasteiger partial charge in [-0.3, -0.25) is 19.7 Å². The molecule has 0 spiro atoms. The average molecular weight is 419 g/mol. The van der Waals surface area contributed by atoms with Gasteiger partial charge >= 0.3 is 5.88 Å². The molecule has 2 amide bonds. The van der Waals surface area contributed by atoms with E-state index in [1.807, 2.05) is 60.7 Å². The first-order valence-electron chi connectivity index (χ1n) is 9.91. The van der Waals surface area contributed by atoms with Crippen LogP contribution in [0.25, 0.3) is 0 Å². The highest BCUT2D eigenvalue weighted by Gasteiger charge is 2.39. The summed E-state index contributed by atoms with van der Waals surface area (Å²) in [6, 6.07) is 22.0. The fourth-order valence-corrected chi connectivity index (χ4v) is 3.57. The molecule has 2 heterocycles. The zero-order valence-corrected chi connectivity index (χ0v) is 16.7. The Kier molecular flexibility index (Phi) is 5.79. The molecule has 0 bridgehead atoms. The van der Waals surface area contributed by atoms with Crippen molar-refractivity contribution in [1.82, 2.24) is 9.80 Å². The highest BCUT2D eigenvalue weighted by atomic mass is 16.6. The number of nitrogens with zero attached hydrogens (tertiary/aromatic N) is 3. The number of nitro groups is 1. The normalized spacial score (nSPS) is 13.5. The second kappa shape index (κ2) is 8.83. The largest absolute Gasteiger partial charge is 0.433 e. The Morgan fingerprint density at radius 3 is 1.97 bits per heavy atom. The van der Waals surface area contributed by atoms with Crippen LogP contribution in [0.2, 0.25) is 0 Å². The maximum atomic E-state index is 13.2. The van der Waals surface area contributed by atoms with Crippen LogP contribution in [0, 0.1) is 16.0 Å². The van der Waals surface area contributed by atoms with Gasteiger partial charge in [0.15, 0.2) is 5.76 Å². The number of furan rings is 1. The maximum absolute atomic E-state index is 13.2. The standard InChI is InChI=1S/C23H21N3O5/c27-22(19-15-25(16-19)23(28)20-11-12-21(31-20)26(29)30)24(13-17-7-3-1-4-8-17)14-18-9-5-2-6-10-18/h1-12,19H,13-16H2. The van der Waals surface area contributed by atoms with Crippen LogP contribution in [-0.2, 0) is 17.9 Å². The van der Waals surface area contributed by atoms with Crippen LogP contribution in [0.4, 0.5) is 5.88 Å². The Bertz CT molecular complexity index is 1030. The lowest BCUT2D eigenvalue weighted by Crippen LogP contribution is -2.56. The molecule has 158 valence electrons. The van der Waals surface area contributed by atoms with Crippen molar-refractivity contribution in [1.29, 1.82) is 0 Å². The molecule has 3 aromatic rings. The summed E-state index contributed by atoms with van der Waals surface area (Å²) in [7, 11) is 0. The molecule has 0 unspecified atom stereocenters. The smallest absolute Gasteiger partial charge is 0.395 e. The van der Waals surface area contributed by atoms with Crippen molar-refractivity contribution in [2.45, 2.75) is 13.1 Å². The third kappa shape index (κ3) is 4.63. The molecule has 8 nitrogen and oxygen atoms in total. The molecule has 1 fully saturated rings. The number of rotatable bonds is 7. The summed E-state index contributed by atoms with van der Waals surface area (Å²) in [4.78, 5) is 39.0. The third-order valence-electron chi connectivity index (χ3n) is 5.24. The van der Waals surface area contributed by atoms with Gasteiger partial charge in [0.25, 0.3) is 5.91 Å². The molecule has 1 aliphatic rings. The first kappa shape index (κ1) is 20.3. The number of hydrogen-bond acceptors (Lipinski definition) is 5. The van der Waals surface area contributed by atoms with Gasteiger partial charge in [-0.15, -0.1) is 0 Å². The van der Waals surface area contributed by atoms with Gasteiger partial charge in [-0.25, -0.2) is 0 Å². The Morgan fingerprint density at radius 1 is 0.935 bits per heavy atom. The monoisotopic (exact) mass is 419 g/mol. The summed E-state index contributed by atoms with van der Waals surface area (Å²) >= 11 is 0. The first-order valence-corrected chi connectivity index (χ1v) is 9.91. The quantitative estimate of drug-likeness (QED) is 0.431.